The van der Waals surface area contributed by atoms with Crippen LogP contribution in [0.25, 0.3) is 6.08 Å². The molecule has 0 bridgehead atoms. The minimum Gasteiger partial charge on any atom is -0.473 e. The molecule has 1 aromatic heterocycles. The summed E-state index contributed by atoms with van der Waals surface area (Å²) in [4.78, 5) is 7.79. The Hall–Kier alpha value is -2.20. The van der Waals surface area contributed by atoms with Crippen LogP contribution in [-0.4, -0.2) is 21.7 Å². The first-order chi connectivity index (χ1) is 8.90. The first kappa shape index (κ1) is 12.3. The summed E-state index contributed by atoms with van der Waals surface area (Å²) in [6.07, 6.45) is 6.82. The van der Waals surface area contributed by atoms with Crippen molar-refractivity contribution in [2.75, 3.05) is 6.61 Å². The average molecular weight is 242 g/mol. The number of hydrogen-bond acceptors (Lipinski definition) is 4. The lowest BCUT2D eigenvalue weighted by Gasteiger charge is -2.05. The summed E-state index contributed by atoms with van der Waals surface area (Å²) in [5, 5.41) is 9.07. The Morgan fingerprint density at radius 1 is 1.22 bits per heavy atom. The van der Waals surface area contributed by atoms with Gasteiger partial charge in [0, 0.05) is 6.20 Å². The van der Waals surface area contributed by atoms with Gasteiger partial charge in [-0.3, -0.25) is 0 Å². The molecule has 0 atom stereocenters. The van der Waals surface area contributed by atoms with E-state index in [4.69, 9.17) is 9.84 Å². The topological polar surface area (TPSA) is 55.2 Å². The molecule has 0 saturated heterocycles. The maximum atomic E-state index is 9.07. The summed E-state index contributed by atoms with van der Waals surface area (Å²) in [7, 11) is 0. The van der Waals surface area contributed by atoms with Gasteiger partial charge in [0.1, 0.15) is 12.9 Å². The van der Waals surface area contributed by atoms with E-state index in [1.165, 1.54) is 6.33 Å². The minimum absolute atomic E-state index is 0.126. The summed E-state index contributed by atoms with van der Waals surface area (Å²) < 4.78 is 5.45. The Bertz CT molecular complexity index is 512. The molecule has 4 nitrogen and oxygen atoms in total. The van der Waals surface area contributed by atoms with Gasteiger partial charge in [-0.15, -0.1) is 0 Å². The number of aromatic nitrogens is 2. The van der Waals surface area contributed by atoms with Crippen LogP contribution >= 0.6 is 0 Å². The smallest absolute Gasteiger partial charge is 0.222 e. The summed E-state index contributed by atoms with van der Waals surface area (Å²) in [5.74, 6) is 0.421. The van der Waals surface area contributed by atoms with Crippen LogP contribution in [0.2, 0.25) is 0 Å². The molecule has 1 heterocycles. The fourth-order valence-electron chi connectivity index (χ4n) is 1.46. The first-order valence-corrected chi connectivity index (χ1v) is 5.64. The molecule has 92 valence electrons. The van der Waals surface area contributed by atoms with Crippen molar-refractivity contribution in [1.82, 2.24) is 9.97 Å². The molecular formula is C14H14N2O2. The quantitative estimate of drug-likeness (QED) is 0.872. The molecule has 0 saturated carbocycles. The molecule has 0 radical (unpaired) electrons. The number of ether oxygens (including phenoxy) is 1. The predicted octanol–water partition coefficient (Wildman–Crippen LogP) is 2.06. The number of rotatable bonds is 5. The molecule has 18 heavy (non-hydrogen) atoms. The Kier molecular flexibility index (Phi) is 4.44. The summed E-state index contributed by atoms with van der Waals surface area (Å²) >= 11 is 0. The molecule has 0 aliphatic rings. The molecule has 0 fully saturated rings. The Labute approximate surface area is 106 Å². The Morgan fingerprint density at radius 3 is 2.83 bits per heavy atom. The van der Waals surface area contributed by atoms with E-state index in [0.29, 0.717) is 18.1 Å². The molecule has 0 unspecified atom stereocenters. The van der Waals surface area contributed by atoms with Crippen molar-refractivity contribution in [1.29, 1.82) is 0 Å². The van der Waals surface area contributed by atoms with Crippen LogP contribution in [0.15, 0.2) is 48.9 Å². The number of aliphatic hydroxyl groups is 1. The number of nitrogens with zero attached hydrogens (tertiary/aromatic N) is 2. The van der Waals surface area contributed by atoms with Gasteiger partial charge in [0.2, 0.25) is 5.88 Å². The highest BCUT2D eigenvalue weighted by Gasteiger charge is 2.02. The van der Waals surface area contributed by atoms with Gasteiger partial charge in [-0.05, 0) is 11.6 Å². The lowest BCUT2D eigenvalue weighted by Crippen LogP contribution is -2.00. The van der Waals surface area contributed by atoms with Crippen LogP contribution in [-0.2, 0) is 6.61 Å². The zero-order valence-corrected chi connectivity index (χ0v) is 9.86. The third-order valence-corrected chi connectivity index (χ3v) is 2.34. The molecule has 2 rings (SSSR count). The van der Waals surface area contributed by atoms with Gasteiger partial charge in [0.25, 0.3) is 0 Å². The second kappa shape index (κ2) is 6.51. The molecule has 2 aromatic rings. The number of benzene rings is 1. The van der Waals surface area contributed by atoms with Crippen molar-refractivity contribution >= 4 is 6.08 Å². The van der Waals surface area contributed by atoms with E-state index in [1.807, 2.05) is 42.5 Å². The second-order valence-electron chi connectivity index (χ2n) is 3.64. The largest absolute Gasteiger partial charge is 0.473 e. The van der Waals surface area contributed by atoms with Crippen LogP contribution in [0.5, 0.6) is 5.88 Å². The highest BCUT2D eigenvalue weighted by molar-refractivity contribution is 5.48. The second-order valence-corrected chi connectivity index (χ2v) is 3.64. The number of aliphatic hydroxyl groups excluding tert-OH is 1. The SMILES string of the molecule is OCc1cncnc1OC/C=C/c1ccccc1. The van der Waals surface area contributed by atoms with Gasteiger partial charge in [-0.2, -0.15) is 0 Å². The molecule has 1 aromatic carbocycles. The summed E-state index contributed by atoms with van der Waals surface area (Å²) in [6.45, 7) is 0.275. The van der Waals surface area contributed by atoms with Crippen molar-refractivity contribution in [3.8, 4) is 5.88 Å². The van der Waals surface area contributed by atoms with E-state index in [1.54, 1.807) is 6.20 Å². The van der Waals surface area contributed by atoms with Gasteiger partial charge >= 0.3 is 0 Å². The van der Waals surface area contributed by atoms with Gasteiger partial charge in [0.05, 0.1) is 12.2 Å². The molecule has 4 heteroatoms. The lowest BCUT2D eigenvalue weighted by molar-refractivity contribution is 0.265. The van der Waals surface area contributed by atoms with Gasteiger partial charge in [-0.25, -0.2) is 9.97 Å². The molecule has 0 aliphatic carbocycles. The Morgan fingerprint density at radius 2 is 2.06 bits per heavy atom. The summed E-state index contributed by atoms with van der Waals surface area (Å²) in [6, 6.07) is 9.96. The van der Waals surface area contributed by atoms with Crippen molar-refractivity contribution in [2.24, 2.45) is 0 Å². The van der Waals surface area contributed by atoms with E-state index >= 15 is 0 Å². The number of hydrogen-bond donors (Lipinski definition) is 1. The van der Waals surface area contributed by atoms with E-state index in [0.717, 1.165) is 5.56 Å². The van der Waals surface area contributed by atoms with Gasteiger partial charge in [-0.1, -0.05) is 36.4 Å². The molecular weight excluding hydrogens is 228 g/mol. The van der Waals surface area contributed by atoms with Crippen molar-refractivity contribution < 1.29 is 9.84 Å². The van der Waals surface area contributed by atoms with Crippen molar-refractivity contribution in [3.05, 3.63) is 60.1 Å². The van der Waals surface area contributed by atoms with Crippen LogP contribution in [0, 0.1) is 0 Å². The molecule has 0 spiro atoms. The Balaban J connectivity index is 1.91. The molecule has 1 N–H and O–H groups in total. The summed E-state index contributed by atoms with van der Waals surface area (Å²) in [5.41, 5.74) is 1.71. The minimum atomic E-state index is -0.126. The standard InChI is InChI=1S/C14H14N2O2/c17-10-13-9-15-11-16-14(13)18-8-4-7-12-5-2-1-3-6-12/h1-7,9,11,17H,8,10H2/b7-4+. The maximum absolute atomic E-state index is 9.07. The monoisotopic (exact) mass is 242 g/mol. The van der Waals surface area contributed by atoms with Crippen molar-refractivity contribution in [3.63, 3.8) is 0 Å². The van der Waals surface area contributed by atoms with E-state index in [9.17, 15) is 0 Å². The molecule has 0 amide bonds. The van der Waals surface area contributed by atoms with Crippen LogP contribution < -0.4 is 4.74 Å². The third-order valence-electron chi connectivity index (χ3n) is 2.34. The van der Waals surface area contributed by atoms with Gasteiger partial charge in [0.15, 0.2) is 0 Å². The first-order valence-electron chi connectivity index (χ1n) is 5.64. The van der Waals surface area contributed by atoms with Gasteiger partial charge < -0.3 is 9.84 Å². The highest BCUT2D eigenvalue weighted by Crippen LogP contribution is 2.12. The van der Waals surface area contributed by atoms with Crippen LogP contribution in [0.1, 0.15) is 11.1 Å². The predicted molar refractivity (Wildman–Crippen MR) is 68.9 cm³/mol. The lowest BCUT2D eigenvalue weighted by atomic mass is 10.2. The molecule has 0 aliphatic heterocycles. The zero-order valence-electron chi connectivity index (χ0n) is 9.86. The maximum Gasteiger partial charge on any atom is 0.222 e. The van der Waals surface area contributed by atoms with Crippen LogP contribution in [0.3, 0.4) is 0 Å². The van der Waals surface area contributed by atoms with Crippen molar-refractivity contribution in [2.45, 2.75) is 6.61 Å². The normalized spacial score (nSPS) is 10.7. The van der Waals surface area contributed by atoms with E-state index in [2.05, 4.69) is 9.97 Å². The van der Waals surface area contributed by atoms with E-state index < -0.39 is 0 Å². The fraction of sp³-hybridized carbons (Fsp3) is 0.143. The highest BCUT2D eigenvalue weighted by atomic mass is 16.5. The fourth-order valence-corrected chi connectivity index (χ4v) is 1.46. The van der Waals surface area contributed by atoms with Crippen LogP contribution in [0.4, 0.5) is 0 Å². The third kappa shape index (κ3) is 3.40. The van der Waals surface area contributed by atoms with E-state index in [-0.39, 0.29) is 6.61 Å². The average Bonchev–Trinajstić information content (AvgIpc) is 2.45. The zero-order chi connectivity index (χ0) is 12.6.